The maximum absolute atomic E-state index is 12.2. The third-order valence-electron chi connectivity index (χ3n) is 3.41. The first-order valence-corrected chi connectivity index (χ1v) is 8.04. The smallest absolute Gasteiger partial charge is 0.214 e. The van der Waals surface area contributed by atoms with Gasteiger partial charge in [0.1, 0.15) is 5.75 Å². The molecule has 1 aliphatic heterocycles. The summed E-state index contributed by atoms with van der Waals surface area (Å²) in [6.07, 6.45) is 0. The number of nitrogens with zero attached hydrogens (tertiary/aromatic N) is 1. The molecule has 1 aromatic rings. The maximum atomic E-state index is 12.2. The molecule has 1 aliphatic rings. The minimum Gasteiger partial charge on any atom is -0.496 e. The van der Waals surface area contributed by atoms with Gasteiger partial charge in [0.2, 0.25) is 10.0 Å². The number of ether oxygens (including phenoxy) is 1. The van der Waals surface area contributed by atoms with E-state index >= 15 is 0 Å². The van der Waals surface area contributed by atoms with Crippen LogP contribution < -0.4 is 10.1 Å². The predicted octanol–water partition coefficient (Wildman–Crippen LogP) is 0.991. The molecule has 1 unspecified atom stereocenters. The molecule has 106 valence electrons. The number of methoxy groups -OCH3 is 1. The molecule has 2 rings (SSSR count). The molecule has 0 radical (unpaired) electrons. The zero-order valence-corrected chi connectivity index (χ0v) is 12.1. The Morgan fingerprint density at radius 3 is 2.84 bits per heavy atom. The minimum absolute atomic E-state index is 0.124. The Kier molecular flexibility index (Phi) is 4.44. The zero-order valence-electron chi connectivity index (χ0n) is 11.3. The number of para-hydroxylation sites is 1. The van der Waals surface area contributed by atoms with Crippen LogP contribution in [0.25, 0.3) is 0 Å². The van der Waals surface area contributed by atoms with Crippen molar-refractivity contribution in [3.8, 4) is 5.75 Å². The summed E-state index contributed by atoms with van der Waals surface area (Å²) in [6, 6.07) is 7.38. The quantitative estimate of drug-likeness (QED) is 0.896. The van der Waals surface area contributed by atoms with E-state index in [1.54, 1.807) is 18.3 Å². The van der Waals surface area contributed by atoms with Gasteiger partial charge in [-0.1, -0.05) is 18.2 Å². The van der Waals surface area contributed by atoms with Crippen molar-refractivity contribution < 1.29 is 13.2 Å². The molecule has 1 aromatic carbocycles. The van der Waals surface area contributed by atoms with E-state index in [-0.39, 0.29) is 11.8 Å². The van der Waals surface area contributed by atoms with Gasteiger partial charge in [0.25, 0.3) is 0 Å². The van der Waals surface area contributed by atoms with Gasteiger partial charge in [0, 0.05) is 25.2 Å². The number of sulfonamides is 1. The highest BCUT2D eigenvalue weighted by molar-refractivity contribution is 7.89. The van der Waals surface area contributed by atoms with Crippen molar-refractivity contribution in [2.45, 2.75) is 13.0 Å². The summed E-state index contributed by atoms with van der Waals surface area (Å²) in [4.78, 5) is 0. The van der Waals surface area contributed by atoms with Crippen LogP contribution in [-0.2, 0) is 10.0 Å². The maximum Gasteiger partial charge on any atom is 0.214 e. The second kappa shape index (κ2) is 5.90. The second-order valence-electron chi connectivity index (χ2n) is 4.47. The number of piperazine rings is 1. The molecular weight excluding hydrogens is 264 g/mol. The Morgan fingerprint density at radius 1 is 1.42 bits per heavy atom. The largest absolute Gasteiger partial charge is 0.496 e. The SMILES string of the molecule is CCS(=O)(=O)N1CCNCC1c1ccccc1OC. The highest BCUT2D eigenvalue weighted by Gasteiger charge is 2.33. The monoisotopic (exact) mass is 284 g/mol. The first-order chi connectivity index (χ1) is 9.10. The van der Waals surface area contributed by atoms with Crippen molar-refractivity contribution in [2.24, 2.45) is 0 Å². The lowest BCUT2D eigenvalue weighted by atomic mass is 10.0. The van der Waals surface area contributed by atoms with Crippen molar-refractivity contribution in [3.63, 3.8) is 0 Å². The highest BCUT2D eigenvalue weighted by atomic mass is 32.2. The van der Waals surface area contributed by atoms with Crippen molar-refractivity contribution >= 4 is 10.0 Å². The molecule has 6 heteroatoms. The molecule has 1 heterocycles. The van der Waals surface area contributed by atoms with Crippen LogP contribution in [0.4, 0.5) is 0 Å². The van der Waals surface area contributed by atoms with Crippen molar-refractivity contribution in [1.82, 2.24) is 9.62 Å². The van der Waals surface area contributed by atoms with Gasteiger partial charge in [-0.15, -0.1) is 0 Å². The van der Waals surface area contributed by atoms with Crippen LogP contribution >= 0.6 is 0 Å². The summed E-state index contributed by atoms with van der Waals surface area (Å²) < 4.78 is 31.3. The van der Waals surface area contributed by atoms with Gasteiger partial charge in [-0.3, -0.25) is 0 Å². The highest BCUT2D eigenvalue weighted by Crippen LogP contribution is 2.31. The summed E-state index contributed by atoms with van der Waals surface area (Å²) >= 11 is 0. The van der Waals surface area contributed by atoms with Crippen LogP contribution in [0.15, 0.2) is 24.3 Å². The molecule has 1 atom stereocenters. The van der Waals surface area contributed by atoms with E-state index < -0.39 is 10.0 Å². The van der Waals surface area contributed by atoms with Crippen LogP contribution in [0.3, 0.4) is 0 Å². The minimum atomic E-state index is -3.21. The van der Waals surface area contributed by atoms with Gasteiger partial charge in [-0.2, -0.15) is 4.31 Å². The van der Waals surface area contributed by atoms with Crippen molar-refractivity contribution in [2.75, 3.05) is 32.5 Å². The second-order valence-corrected chi connectivity index (χ2v) is 6.68. The van der Waals surface area contributed by atoms with Gasteiger partial charge in [-0.25, -0.2) is 8.42 Å². The molecule has 1 fully saturated rings. The fourth-order valence-corrected chi connectivity index (χ4v) is 3.67. The van der Waals surface area contributed by atoms with Gasteiger partial charge in [0.15, 0.2) is 0 Å². The number of rotatable bonds is 4. The van der Waals surface area contributed by atoms with Crippen LogP contribution in [0.1, 0.15) is 18.5 Å². The van der Waals surface area contributed by atoms with E-state index in [4.69, 9.17) is 4.74 Å². The molecule has 5 nitrogen and oxygen atoms in total. The number of hydrogen-bond acceptors (Lipinski definition) is 4. The molecule has 19 heavy (non-hydrogen) atoms. The van der Waals surface area contributed by atoms with E-state index in [1.165, 1.54) is 0 Å². The van der Waals surface area contributed by atoms with Crippen LogP contribution in [0, 0.1) is 0 Å². The molecular formula is C13H20N2O3S. The van der Waals surface area contributed by atoms with E-state index in [2.05, 4.69) is 5.32 Å². The van der Waals surface area contributed by atoms with Crippen LogP contribution in [-0.4, -0.2) is 45.2 Å². The van der Waals surface area contributed by atoms with Gasteiger partial charge < -0.3 is 10.1 Å². The van der Waals surface area contributed by atoms with E-state index in [0.29, 0.717) is 19.6 Å². The van der Waals surface area contributed by atoms with E-state index in [9.17, 15) is 8.42 Å². The summed E-state index contributed by atoms with van der Waals surface area (Å²) in [7, 11) is -1.60. The third-order valence-corrected chi connectivity index (χ3v) is 5.30. The lowest BCUT2D eigenvalue weighted by Gasteiger charge is -2.35. The average Bonchev–Trinajstić information content (AvgIpc) is 2.47. The number of hydrogen-bond donors (Lipinski definition) is 1. The van der Waals surface area contributed by atoms with E-state index in [1.807, 2.05) is 24.3 Å². The molecule has 1 N–H and O–H groups in total. The Balaban J connectivity index is 2.40. The van der Waals surface area contributed by atoms with Crippen molar-refractivity contribution in [3.05, 3.63) is 29.8 Å². The summed E-state index contributed by atoms with van der Waals surface area (Å²) in [5.74, 6) is 0.853. The van der Waals surface area contributed by atoms with Crippen LogP contribution in [0.2, 0.25) is 0 Å². The first-order valence-electron chi connectivity index (χ1n) is 6.43. The fourth-order valence-electron chi connectivity index (χ4n) is 2.39. The van der Waals surface area contributed by atoms with Gasteiger partial charge in [0.05, 0.1) is 18.9 Å². The van der Waals surface area contributed by atoms with Gasteiger partial charge in [-0.05, 0) is 13.0 Å². The standard InChI is InChI=1S/C13H20N2O3S/c1-3-19(16,17)15-9-8-14-10-12(15)11-6-4-5-7-13(11)18-2/h4-7,12,14H,3,8-10H2,1-2H3. The first kappa shape index (κ1) is 14.3. The molecule has 0 bridgehead atoms. The molecule has 0 aliphatic carbocycles. The normalized spacial score (nSPS) is 21.3. The Bertz CT molecular complexity index is 530. The number of nitrogens with one attached hydrogen (secondary N) is 1. The molecule has 1 saturated heterocycles. The van der Waals surface area contributed by atoms with E-state index in [0.717, 1.165) is 11.3 Å². The van der Waals surface area contributed by atoms with Gasteiger partial charge >= 0.3 is 0 Å². The molecule has 0 amide bonds. The predicted molar refractivity (Wildman–Crippen MR) is 74.8 cm³/mol. The molecule has 0 aromatic heterocycles. The lowest BCUT2D eigenvalue weighted by Crippen LogP contribution is -2.49. The van der Waals surface area contributed by atoms with Crippen LogP contribution in [0.5, 0.6) is 5.75 Å². The third kappa shape index (κ3) is 2.91. The summed E-state index contributed by atoms with van der Waals surface area (Å²) in [6.45, 7) is 3.47. The average molecular weight is 284 g/mol. The lowest BCUT2D eigenvalue weighted by molar-refractivity contribution is 0.265. The molecule has 0 saturated carbocycles. The molecule has 0 spiro atoms. The topological polar surface area (TPSA) is 58.6 Å². The Labute approximate surface area is 114 Å². The Hall–Kier alpha value is -1.11. The fraction of sp³-hybridized carbons (Fsp3) is 0.538. The number of benzene rings is 1. The van der Waals surface area contributed by atoms with Crippen molar-refractivity contribution in [1.29, 1.82) is 0 Å². The Morgan fingerprint density at radius 2 is 2.16 bits per heavy atom. The zero-order chi connectivity index (χ0) is 13.9. The summed E-state index contributed by atoms with van der Waals surface area (Å²) in [5, 5.41) is 3.25. The summed E-state index contributed by atoms with van der Waals surface area (Å²) in [5.41, 5.74) is 0.911.